The van der Waals surface area contributed by atoms with Gasteiger partial charge in [-0.3, -0.25) is 0 Å². The molecule has 0 aromatic carbocycles. The number of hydrogen-bond donors (Lipinski definition) is 1. The molecule has 5 nitrogen and oxygen atoms in total. The molecule has 1 N–H and O–H groups in total. The zero-order valence-electron chi connectivity index (χ0n) is 12.8. The summed E-state index contributed by atoms with van der Waals surface area (Å²) in [7, 11) is 3.44. The average Bonchev–Trinajstić information content (AvgIpc) is 3.30. The molecule has 1 fully saturated rings. The Morgan fingerprint density at radius 3 is 2.52 bits per heavy atom. The number of pyridine rings is 1. The highest BCUT2D eigenvalue weighted by Gasteiger charge is 2.21. The van der Waals surface area contributed by atoms with E-state index in [1.54, 1.807) is 14.2 Å². The Balaban J connectivity index is 2.10. The van der Waals surface area contributed by atoms with E-state index in [4.69, 9.17) is 9.47 Å². The van der Waals surface area contributed by atoms with Crippen LogP contribution in [0.1, 0.15) is 18.4 Å². The molecular formula is C15H24BrN3O2. The average molecular weight is 358 g/mol. The molecule has 1 aromatic heterocycles. The van der Waals surface area contributed by atoms with Gasteiger partial charge in [0.1, 0.15) is 5.82 Å². The van der Waals surface area contributed by atoms with Gasteiger partial charge in [-0.1, -0.05) is 0 Å². The van der Waals surface area contributed by atoms with Crippen LogP contribution >= 0.6 is 15.9 Å². The third-order valence-corrected chi connectivity index (χ3v) is 3.93. The van der Waals surface area contributed by atoms with Gasteiger partial charge in [-0.15, -0.1) is 0 Å². The molecule has 118 valence electrons. The maximum Gasteiger partial charge on any atom is 0.133 e. The summed E-state index contributed by atoms with van der Waals surface area (Å²) in [4.78, 5) is 6.84. The fourth-order valence-corrected chi connectivity index (χ4v) is 2.54. The van der Waals surface area contributed by atoms with Crippen molar-refractivity contribution >= 4 is 21.7 Å². The highest BCUT2D eigenvalue weighted by atomic mass is 79.9. The normalized spacial score (nSPS) is 14.4. The summed E-state index contributed by atoms with van der Waals surface area (Å²) in [6, 6.07) is 2.83. The molecule has 0 bridgehead atoms. The van der Waals surface area contributed by atoms with Crippen LogP contribution in [0.15, 0.2) is 16.7 Å². The van der Waals surface area contributed by atoms with Crippen LogP contribution in [-0.4, -0.2) is 51.5 Å². The van der Waals surface area contributed by atoms with E-state index < -0.39 is 0 Å². The number of methoxy groups -OCH3 is 2. The number of nitrogens with one attached hydrogen (secondary N) is 1. The summed E-state index contributed by atoms with van der Waals surface area (Å²) in [5.74, 6) is 1.01. The smallest absolute Gasteiger partial charge is 0.133 e. The molecular weight excluding hydrogens is 334 g/mol. The van der Waals surface area contributed by atoms with Crippen molar-refractivity contribution in [3.05, 3.63) is 22.3 Å². The molecule has 0 saturated heterocycles. The lowest BCUT2D eigenvalue weighted by atomic mass is 10.2. The molecule has 0 unspecified atom stereocenters. The van der Waals surface area contributed by atoms with E-state index >= 15 is 0 Å². The Morgan fingerprint density at radius 2 is 1.95 bits per heavy atom. The van der Waals surface area contributed by atoms with Crippen molar-refractivity contribution in [1.29, 1.82) is 0 Å². The van der Waals surface area contributed by atoms with Crippen LogP contribution in [0.5, 0.6) is 0 Å². The minimum absolute atomic E-state index is 0.678. The summed E-state index contributed by atoms with van der Waals surface area (Å²) in [6.07, 6.45) is 4.42. The minimum Gasteiger partial charge on any atom is -0.383 e. The molecule has 1 aliphatic carbocycles. The van der Waals surface area contributed by atoms with Gasteiger partial charge in [0, 0.05) is 56.1 Å². The monoisotopic (exact) mass is 357 g/mol. The first kappa shape index (κ1) is 16.7. The molecule has 0 spiro atoms. The molecule has 1 saturated carbocycles. The van der Waals surface area contributed by atoms with Crippen molar-refractivity contribution in [2.24, 2.45) is 0 Å². The fourth-order valence-electron chi connectivity index (χ4n) is 2.16. The number of hydrogen-bond acceptors (Lipinski definition) is 5. The first-order valence-electron chi connectivity index (χ1n) is 7.35. The molecule has 6 heteroatoms. The molecule has 21 heavy (non-hydrogen) atoms. The van der Waals surface area contributed by atoms with Crippen LogP contribution in [-0.2, 0) is 16.0 Å². The molecule has 0 amide bonds. The summed E-state index contributed by atoms with van der Waals surface area (Å²) in [5.41, 5.74) is 1.21. The van der Waals surface area contributed by atoms with E-state index in [0.717, 1.165) is 29.9 Å². The predicted octanol–water partition coefficient (Wildman–Crippen LogP) is 2.20. The van der Waals surface area contributed by atoms with Gasteiger partial charge in [0.05, 0.1) is 13.2 Å². The van der Waals surface area contributed by atoms with Gasteiger partial charge in [0.2, 0.25) is 0 Å². The van der Waals surface area contributed by atoms with E-state index in [-0.39, 0.29) is 0 Å². The standard InChI is InChI=1S/C15H24BrN3O2/c1-20-7-5-19(6-8-21-2)15-12(9-13(16)11-18-15)10-17-14-3-4-14/h9,11,14,17H,3-8,10H2,1-2H3. The molecule has 0 radical (unpaired) electrons. The Labute approximate surface area is 135 Å². The molecule has 2 rings (SSSR count). The lowest BCUT2D eigenvalue weighted by Crippen LogP contribution is -2.33. The highest BCUT2D eigenvalue weighted by molar-refractivity contribution is 9.10. The summed E-state index contributed by atoms with van der Waals surface area (Å²) in [6.45, 7) is 3.83. The summed E-state index contributed by atoms with van der Waals surface area (Å²) >= 11 is 3.52. The Hall–Kier alpha value is -0.690. The van der Waals surface area contributed by atoms with Gasteiger partial charge in [-0.2, -0.15) is 0 Å². The van der Waals surface area contributed by atoms with Crippen LogP contribution in [0.2, 0.25) is 0 Å². The van der Waals surface area contributed by atoms with E-state index in [1.807, 2.05) is 6.20 Å². The van der Waals surface area contributed by atoms with Gasteiger partial charge < -0.3 is 19.7 Å². The molecule has 0 aliphatic heterocycles. The largest absolute Gasteiger partial charge is 0.383 e. The summed E-state index contributed by atoms with van der Waals surface area (Å²) in [5, 5.41) is 3.56. The van der Waals surface area contributed by atoms with Crippen molar-refractivity contribution < 1.29 is 9.47 Å². The van der Waals surface area contributed by atoms with Crippen LogP contribution in [0.3, 0.4) is 0 Å². The lowest BCUT2D eigenvalue weighted by Gasteiger charge is -2.25. The van der Waals surface area contributed by atoms with Crippen molar-refractivity contribution in [2.75, 3.05) is 45.4 Å². The highest BCUT2D eigenvalue weighted by Crippen LogP contribution is 2.24. The van der Waals surface area contributed by atoms with Gasteiger partial charge in [0.25, 0.3) is 0 Å². The van der Waals surface area contributed by atoms with Crippen LogP contribution < -0.4 is 10.2 Å². The third kappa shape index (κ3) is 5.54. The molecule has 1 aliphatic rings. The van der Waals surface area contributed by atoms with E-state index in [9.17, 15) is 0 Å². The second-order valence-corrected chi connectivity index (χ2v) is 6.18. The first-order valence-corrected chi connectivity index (χ1v) is 8.14. The summed E-state index contributed by atoms with van der Waals surface area (Å²) < 4.78 is 11.4. The Bertz CT molecular complexity index is 433. The second kappa shape index (κ2) is 8.68. The lowest BCUT2D eigenvalue weighted by molar-refractivity contribution is 0.190. The number of anilines is 1. The third-order valence-electron chi connectivity index (χ3n) is 3.50. The van der Waals surface area contributed by atoms with E-state index in [1.165, 1.54) is 18.4 Å². The van der Waals surface area contributed by atoms with Crippen molar-refractivity contribution in [1.82, 2.24) is 10.3 Å². The quantitative estimate of drug-likeness (QED) is 0.695. The maximum absolute atomic E-state index is 5.21. The minimum atomic E-state index is 0.678. The zero-order chi connectivity index (χ0) is 15.1. The topological polar surface area (TPSA) is 46.6 Å². The Kier molecular flexibility index (Phi) is 6.89. The van der Waals surface area contributed by atoms with Gasteiger partial charge >= 0.3 is 0 Å². The molecule has 1 heterocycles. The van der Waals surface area contributed by atoms with E-state index in [2.05, 4.69) is 37.2 Å². The number of ether oxygens (including phenoxy) is 2. The maximum atomic E-state index is 5.21. The van der Waals surface area contributed by atoms with Crippen LogP contribution in [0, 0.1) is 0 Å². The van der Waals surface area contributed by atoms with Gasteiger partial charge in [-0.25, -0.2) is 4.98 Å². The molecule has 0 atom stereocenters. The zero-order valence-corrected chi connectivity index (χ0v) is 14.4. The number of rotatable bonds is 10. The SMILES string of the molecule is COCCN(CCOC)c1ncc(Br)cc1CNC1CC1. The number of halogens is 1. The van der Waals surface area contributed by atoms with Crippen molar-refractivity contribution in [3.8, 4) is 0 Å². The number of nitrogens with zero attached hydrogens (tertiary/aromatic N) is 2. The van der Waals surface area contributed by atoms with Crippen LogP contribution in [0.25, 0.3) is 0 Å². The van der Waals surface area contributed by atoms with Crippen molar-refractivity contribution in [2.45, 2.75) is 25.4 Å². The second-order valence-electron chi connectivity index (χ2n) is 5.26. The van der Waals surface area contributed by atoms with Gasteiger partial charge in [0.15, 0.2) is 0 Å². The number of aromatic nitrogens is 1. The Morgan fingerprint density at radius 1 is 1.29 bits per heavy atom. The van der Waals surface area contributed by atoms with Crippen molar-refractivity contribution in [3.63, 3.8) is 0 Å². The van der Waals surface area contributed by atoms with E-state index in [0.29, 0.717) is 19.3 Å². The van der Waals surface area contributed by atoms with Crippen LogP contribution in [0.4, 0.5) is 5.82 Å². The van der Waals surface area contributed by atoms with Gasteiger partial charge in [-0.05, 0) is 34.8 Å². The fraction of sp³-hybridized carbons (Fsp3) is 0.667. The predicted molar refractivity (Wildman–Crippen MR) is 87.8 cm³/mol. The molecule has 1 aromatic rings. The first-order chi connectivity index (χ1) is 10.2.